The largest absolute Gasteiger partial charge is 0.343 e. The van der Waals surface area contributed by atoms with Gasteiger partial charge in [0.1, 0.15) is 17.5 Å². The first-order valence-electron chi connectivity index (χ1n) is 6.24. The molecule has 7 heteroatoms. The summed E-state index contributed by atoms with van der Waals surface area (Å²) in [6.45, 7) is -0.410. The molecule has 2 amide bonds. The molecule has 2 aromatic carbocycles. The van der Waals surface area contributed by atoms with E-state index in [0.717, 1.165) is 24.3 Å². The Morgan fingerprint density at radius 1 is 0.909 bits per heavy atom. The Kier molecular flexibility index (Phi) is 4.77. The van der Waals surface area contributed by atoms with E-state index in [2.05, 4.69) is 10.6 Å². The summed E-state index contributed by atoms with van der Waals surface area (Å²) in [5.41, 5.74) is -0.00964. The lowest BCUT2D eigenvalue weighted by molar-refractivity contribution is -0.115. The maximum Gasteiger partial charge on any atom is 0.251 e. The number of carbonyl (C=O) groups excluding carboxylic acids is 2. The van der Waals surface area contributed by atoms with E-state index in [9.17, 15) is 22.8 Å². The van der Waals surface area contributed by atoms with Crippen LogP contribution in [0.15, 0.2) is 42.5 Å². The highest BCUT2D eigenvalue weighted by molar-refractivity contribution is 5.99. The van der Waals surface area contributed by atoms with Gasteiger partial charge >= 0.3 is 0 Å². The number of carbonyl (C=O) groups is 2. The van der Waals surface area contributed by atoms with E-state index in [-0.39, 0.29) is 11.3 Å². The molecule has 22 heavy (non-hydrogen) atoms. The van der Waals surface area contributed by atoms with E-state index in [1.807, 2.05) is 0 Å². The minimum atomic E-state index is -0.918. The first kappa shape index (κ1) is 15.6. The summed E-state index contributed by atoms with van der Waals surface area (Å²) in [5, 5.41) is 4.50. The third kappa shape index (κ3) is 4.08. The van der Waals surface area contributed by atoms with Crippen LogP contribution in [0.2, 0.25) is 0 Å². The molecule has 2 N–H and O–H groups in total. The van der Waals surface area contributed by atoms with Crippen LogP contribution < -0.4 is 10.6 Å². The molecule has 0 unspecified atom stereocenters. The molecule has 2 aromatic rings. The summed E-state index contributed by atoms with van der Waals surface area (Å²) in [4.78, 5) is 23.3. The second-order valence-electron chi connectivity index (χ2n) is 4.36. The quantitative estimate of drug-likeness (QED) is 0.911. The van der Waals surface area contributed by atoms with Crippen LogP contribution in [0.1, 0.15) is 10.4 Å². The van der Waals surface area contributed by atoms with Gasteiger partial charge in [-0.3, -0.25) is 9.59 Å². The van der Waals surface area contributed by atoms with Crippen LogP contribution >= 0.6 is 0 Å². The van der Waals surface area contributed by atoms with Crippen molar-refractivity contribution in [3.05, 3.63) is 65.5 Å². The number of halogens is 3. The predicted molar refractivity (Wildman–Crippen MR) is 73.7 cm³/mol. The minimum absolute atomic E-state index is 0.183. The lowest BCUT2D eigenvalue weighted by atomic mass is 10.2. The van der Waals surface area contributed by atoms with Crippen molar-refractivity contribution in [2.75, 3.05) is 11.9 Å². The Labute approximate surface area is 124 Å². The molecule has 0 aromatic heterocycles. The Morgan fingerprint density at radius 2 is 1.55 bits per heavy atom. The molecule has 0 spiro atoms. The molecule has 4 nitrogen and oxygen atoms in total. The standard InChI is InChI=1S/C15H11F3N2O2/c16-10-3-1-9(2-4-10)15(22)19-8-14(21)20-13-6-5-11(17)7-12(13)18/h1-7H,8H2,(H,19,22)(H,20,21). The Balaban J connectivity index is 1.89. The van der Waals surface area contributed by atoms with Crippen molar-refractivity contribution >= 4 is 17.5 Å². The monoisotopic (exact) mass is 308 g/mol. The Morgan fingerprint density at radius 3 is 2.18 bits per heavy atom. The number of amides is 2. The molecule has 0 heterocycles. The van der Waals surface area contributed by atoms with E-state index < -0.39 is 35.8 Å². The molecule has 0 atom stereocenters. The first-order chi connectivity index (χ1) is 10.5. The fourth-order valence-corrected chi connectivity index (χ4v) is 1.65. The van der Waals surface area contributed by atoms with Crippen LogP contribution in [0.5, 0.6) is 0 Å². The molecule has 0 aliphatic rings. The average Bonchev–Trinajstić information content (AvgIpc) is 2.48. The number of benzene rings is 2. The van der Waals surface area contributed by atoms with Crippen molar-refractivity contribution in [3.8, 4) is 0 Å². The second kappa shape index (κ2) is 6.75. The van der Waals surface area contributed by atoms with Crippen LogP contribution in [-0.4, -0.2) is 18.4 Å². The summed E-state index contributed by atoms with van der Waals surface area (Å²) in [6.07, 6.45) is 0. The van der Waals surface area contributed by atoms with E-state index in [4.69, 9.17) is 0 Å². The van der Waals surface area contributed by atoms with Crippen LogP contribution in [0, 0.1) is 17.5 Å². The van der Waals surface area contributed by atoms with Crippen molar-refractivity contribution in [3.63, 3.8) is 0 Å². The van der Waals surface area contributed by atoms with Gasteiger partial charge in [0.05, 0.1) is 12.2 Å². The number of rotatable bonds is 4. The van der Waals surface area contributed by atoms with Gasteiger partial charge in [-0.15, -0.1) is 0 Å². The predicted octanol–water partition coefficient (Wildman–Crippen LogP) is 2.47. The van der Waals surface area contributed by atoms with Gasteiger partial charge < -0.3 is 10.6 Å². The van der Waals surface area contributed by atoms with E-state index in [0.29, 0.717) is 6.07 Å². The van der Waals surface area contributed by atoms with Gasteiger partial charge in [-0.2, -0.15) is 0 Å². The van der Waals surface area contributed by atoms with Gasteiger partial charge in [-0.05, 0) is 36.4 Å². The summed E-state index contributed by atoms with van der Waals surface area (Å²) in [5.74, 6) is -3.42. The first-order valence-corrected chi connectivity index (χ1v) is 6.24. The van der Waals surface area contributed by atoms with Crippen LogP contribution in [0.3, 0.4) is 0 Å². The highest BCUT2D eigenvalue weighted by atomic mass is 19.1. The normalized spacial score (nSPS) is 10.1. The molecule has 114 valence electrons. The smallest absolute Gasteiger partial charge is 0.251 e. The third-order valence-electron chi connectivity index (χ3n) is 2.72. The van der Waals surface area contributed by atoms with Gasteiger partial charge in [0.2, 0.25) is 5.91 Å². The maximum atomic E-state index is 13.3. The van der Waals surface area contributed by atoms with Gasteiger partial charge in [0.25, 0.3) is 5.91 Å². The van der Waals surface area contributed by atoms with Gasteiger partial charge in [0.15, 0.2) is 0 Å². The fraction of sp³-hybridized carbons (Fsp3) is 0.0667. The molecule has 0 aliphatic carbocycles. The number of anilines is 1. The van der Waals surface area contributed by atoms with E-state index >= 15 is 0 Å². The maximum absolute atomic E-state index is 13.3. The zero-order valence-electron chi connectivity index (χ0n) is 11.2. The average molecular weight is 308 g/mol. The Hall–Kier alpha value is -2.83. The number of hydrogen-bond acceptors (Lipinski definition) is 2. The SMILES string of the molecule is O=C(CNC(=O)c1ccc(F)cc1)Nc1ccc(F)cc1F. The van der Waals surface area contributed by atoms with Crippen molar-refractivity contribution in [1.82, 2.24) is 5.32 Å². The van der Waals surface area contributed by atoms with Crippen molar-refractivity contribution < 1.29 is 22.8 Å². The zero-order valence-corrected chi connectivity index (χ0v) is 11.2. The third-order valence-corrected chi connectivity index (χ3v) is 2.72. The van der Waals surface area contributed by atoms with E-state index in [1.165, 1.54) is 12.1 Å². The molecule has 2 rings (SSSR count). The summed E-state index contributed by atoms with van der Waals surface area (Å²) >= 11 is 0. The second-order valence-corrected chi connectivity index (χ2v) is 4.36. The summed E-state index contributed by atoms with van der Waals surface area (Å²) in [6, 6.07) is 7.46. The molecular weight excluding hydrogens is 297 g/mol. The van der Waals surface area contributed by atoms with Crippen molar-refractivity contribution in [1.29, 1.82) is 0 Å². The zero-order chi connectivity index (χ0) is 16.1. The van der Waals surface area contributed by atoms with Gasteiger partial charge in [-0.1, -0.05) is 0 Å². The molecule has 0 radical (unpaired) electrons. The number of hydrogen-bond donors (Lipinski definition) is 2. The van der Waals surface area contributed by atoms with Gasteiger partial charge in [0, 0.05) is 11.6 Å². The van der Waals surface area contributed by atoms with Crippen LogP contribution in [-0.2, 0) is 4.79 Å². The molecule has 0 saturated heterocycles. The highest BCUT2D eigenvalue weighted by Gasteiger charge is 2.10. The lowest BCUT2D eigenvalue weighted by Crippen LogP contribution is -2.33. The highest BCUT2D eigenvalue weighted by Crippen LogP contribution is 2.14. The molecule has 0 aliphatic heterocycles. The lowest BCUT2D eigenvalue weighted by Gasteiger charge is -2.08. The molecular formula is C15H11F3N2O2. The Bertz CT molecular complexity index is 702. The molecule has 0 saturated carbocycles. The topological polar surface area (TPSA) is 58.2 Å². The fourth-order valence-electron chi connectivity index (χ4n) is 1.65. The molecule has 0 fully saturated rings. The van der Waals surface area contributed by atoms with Gasteiger partial charge in [-0.25, -0.2) is 13.2 Å². The van der Waals surface area contributed by atoms with Crippen molar-refractivity contribution in [2.24, 2.45) is 0 Å². The van der Waals surface area contributed by atoms with Crippen molar-refractivity contribution in [2.45, 2.75) is 0 Å². The minimum Gasteiger partial charge on any atom is -0.343 e. The molecule has 0 bridgehead atoms. The van der Waals surface area contributed by atoms with E-state index in [1.54, 1.807) is 0 Å². The summed E-state index contributed by atoms with van der Waals surface area (Å²) < 4.78 is 38.8. The number of nitrogens with one attached hydrogen (secondary N) is 2. The van der Waals surface area contributed by atoms with Crippen LogP contribution in [0.4, 0.5) is 18.9 Å². The summed E-state index contributed by atoms with van der Waals surface area (Å²) in [7, 11) is 0. The van der Waals surface area contributed by atoms with Crippen LogP contribution in [0.25, 0.3) is 0 Å².